The Morgan fingerprint density at radius 2 is 2.39 bits per heavy atom. The van der Waals surface area contributed by atoms with Crippen LogP contribution < -0.4 is 0 Å². The summed E-state index contributed by atoms with van der Waals surface area (Å²) in [6.45, 7) is 4.31. The van der Waals surface area contributed by atoms with Crippen LogP contribution in [0.15, 0.2) is 23.3 Å². The number of esters is 1. The van der Waals surface area contributed by atoms with Gasteiger partial charge in [0.25, 0.3) is 0 Å². The zero-order valence-electron chi connectivity index (χ0n) is 10.8. The van der Waals surface area contributed by atoms with Gasteiger partial charge < -0.3 is 19.7 Å². The molecule has 5 nitrogen and oxygen atoms in total. The lowest BCUT2D eigenvalue weighted by Gasteiger charge is -2.40. The standard InChI is InChI=1S/C13H19NO4/c1-9(2)7-12(16)18-11-4-6-14(17)5-3-10(8-15)13(11)14/h3,7,11,13,15H,4-6,8H2,1-2H3. The highest BCUT2D eigenvalue weighted by atomic mass is 16.6. The van der Waals surface area contributed by atoms with E-state index < -0.39 is 18.1 Å². The Morgan fingerprint density at radius 1 is 1.67 bits per heavy atom. The second-order valence-corrected chi connectivity index (χ2v) is 5.23. The van der Waals surface area contributed by atoms with E-state index in [-0.39, 0.29) is 11.3 Å². The summed E-state index contributed by atoms with van der Waals surface area (Å²) < 4.78 is 4.96. The first kappa shape index (κ1) is 13.3. The molecule has 0 amide bonds. The van der Waals surface area contributed by atoms with Gasteiger partial charge in [-0.2, -0.15) is 0 Å². The minimum Gasteiger partial charge on any atom is -0.632 e. The van der Waals surface area contributed by atoms with Crippen molar-refractivity contribution in [3.8, 4) is 0 Å². The maximum Gasteiger partial charge on any atom is 0.331 e. The number of nitrogens with zero attached hydrogens (tertiary/aromatic N) is 1. The molecule has 1 saturated heterocycles. The predicted molar refractivity (Wildman–Crippen MR) is 66.2 cm³/mol. The highest BCUT2D eigenvalue weighted by Gasteiger charge is 2.49. The lowest BCUT2D eigenvalue weighted by atomic mass is 10.1. The number of hydroxylamine groups is 3. The Bertz CT molecular complexity index is 411. The van der Waals surface area contributed by atoms with Crippen molar-refractivity contribution in [1.29, 1.82) is 0 Å². The minimum absolute atomic E-state index is 0.135. The van der Waals surface area contributed by atoms with E-state index in [0.717, 1.165) is 5.57 Å². The van der Waals surface area contributed by atoms with Crippen molar-refractivity contribution in [2.24, 2.45) is 0 Å². The number of aliphatic hydroxyl groups is 1. The topological polar surface area (TPSA) is 69.6 Å². The van der Waals surface area contributed by atoms with Crippen molar-refractivity contribution in [2.75, 3.05) is 19.7 Å². The average molecular weight is 253 g/mol. The second kappa shape index (κ2) is 4.84. The summed E-state index contributed by atoms with van der Waals surface area (Å²) >= 11 is 0. The molecule has 18 heavy (non-hydrogen) atoms. The molecular weight excluding hydrogens is 234 g/mol. The monoisotopic (exact) mass is 253 g/mol. The fourth-order valence-electron chi connectivity index (χ4n) is 2.78. The molecule has 0 aromatic carbocycles. The molecule has 0 spiro atoms. The molecule has 2 heterocycles. The van der Waals surface area contributed by atoms with Crippen molar-refractivity contribution >= 4 is 5.97 Å². The lowest BCUT2D eigenvalue weighted by molar-refractivity contribution is -0.877. The Kier molecular flexibility index (Phi) is 3.56. The van der Waals surface area contributed by atoms with Crippen LogP contribution in [0.4, 0.5) is 0 Å². The molecule has 2 aliphatic heterocycles. The Morgan fingerprint density at radius 3 is 3.00 bits per heavy atom. The van der Waals surface area contributed by atoms with Gasteiger partial charge in [-0.15, -0.1) is 0 Å². The quantitative estimate of drug-likeness (QED) is 0.266. The molecule has 0 aromatic rings. The van der Waals surface area contributed by atoms with Crippen molar-refractivity contribution in [2.45, 2.75) is 32.4 Å². The van der Waals surface area contributed by atoms with Crippen LogP contribution in [0.5, 0.6) is 0 Å². The normalized spacial score (nSPS) is 33.9. The first-order chi connectivity index (χ1) is 8.46. The Balaban J connectivity index is 2.09. The van der Waals surface area contributed by atoms with Gasteiger partial charge in [0.05, 0.1) is 19.7 Å². The summed E-state index contributed by atoms with van der Waals surface area (Å²) in [5, 5.41) is 21.7. The summed E-state index contributed by atoms with van der Waals surface area (Å²) in [6, 6.07) is -0.412. The van der Waals surface area contributed by atoms with Gasteiger partial charge in [-0.05, 0) is 19.9 Å². The van der Waals surface area contributed by atoms with Gasteiger partial charge in [0.1, 0.15) is 0 Å². The number of hydrogen-bond acceptors (Lipinski definition) is 4. The second-order valence-electron chi connectivity index (χ2n) is 5.23. The Labute approximate surface area is 107 Å². The third-order valence-corrected chi connectivity index (χ3v) is 3.55. The van der Waals surface area contributed by atoms with E-state index in [2.05, 4.69) is 0 Å². The van der Waals surface area contributed by atoms with Crippen LogP contribution in [-0.2, 0) is 9.53 Å². The van der Waals surface area contributed by atoms with Gasteiger partial charge in [-0.1, -0.05) is 5.57 Å². The van der Waals surface area contributed by atoms with Gasteiger partial charge in [0, 0.05) is 18.1 Å². The minimum atomic E-state index is -0.412. The molecule has 0 radical (unpaired) electrons. The van der Waals surface area contributed by atoms with Crippen LogP contribution in [0.2, 0.25) is 0 Å². The number of aliphatic hydroxyl groups excluding tert-OH is 1. The fourth-order valence-corrected chi connectivity index (χ4v) is 2.78. The number of ether oxygens (including phenoxy) is 1. The van der Waals surface area contributed by atoms with Crippen molar-refractivity contribution in [3.63, 3.8) is 0 Å². The Hall–Kier alpha value is -1.17. The van der Waals surface area contributed by atoms with Gasteiger partial charge in [0.2, 0.25) is 0 Å². The van der Waals surface area contributed by atoms with Crippen molar-refractivity contribution in [3.05, 3.63) is 28.5 Å². The fraction of sp³-hybridized carbons (Fsp3) is 0.615. The molecular formula is C13H19NO4. The number of rotatable bonds is 3. The molecule has 3 unspecified atom stereocenters. The summed E-state index contributed by atoms with van der Waals surface area (Å²) in [4.78, 5) is 11.6. The number of carbonyl (C=O) groups is 1. The van der Waals surface area contributed by atoms with Crippen LogP contribution >= 0.6 is 0 Å². The smallest absolute Gasteiger partial charge is 0.331 e. The number of carbonyl (C=O) groups excluding carboxylic acids is 1. The summed E-state index contributed by atoms with van der Waals surface area (Å²) in [5.41, 5.74) is 1.57. The van der Waals surface area contributed by atoms with E-state index in [1.54, 1.807) is 6.08 Å². The number of fused-ring (bicyclic) bond motifs is 1. The van der Waals surface area contributed by atoms with Crippen LogP contribution in [-0.4, -0.2) is 47.6 Å². The average Bonchev–Trinajstić information content (AvgIpc) is 2.75. The van der Waals surface area contributed by atoms with E-state index in [1.165, 1.54) is 6.08 Å². The van der Waals surface area contributed by atoms with E-state index in [1.807, 2.05) is 13.8 Å². The first-order valence-electron chi connectivity index (χ1n) is 6.19. The van der Waals surface area contributed by atoms with Gasteiger partial charge in [0.15, 0.2) is 12.1 Å². The third kappa shape index (κ3) is 2.34. The molecule has 100 valence electrons. The molecule has 2 aliphatic rings. The van der Waals surface area contributed by atoms with Crippen LogP contribution in [0.3, 0.4) is 0 Å². The van der Waals surface area contributed by atoms with Crippen LogP contribution in [0, 0.1) is 5.21 Å². The van der Waals surface area contributed by atoms with Crippen molar-refractivity contribution < 1.29 is 19.3 Å². The zero-order chi connectivity index (χ0) is 13.3. The molecule has 1 fully saturated rings. The van der Waals surface area contributed by atoms with Crippen LogP contribution in [0.1, 0.15) is 20.3 Å². The first-order valence-corrected chi connectivity index (χ1v) is 6.19. The largest absolute Gasteiger partial charge is 0.632 e. The van der Waals surface area contributed by atoms with Crippen molar-refractivity contribution in [1.82, 2.24) is 0 Å². The molecule has 5 heteroatoms. The highest BCUT2D eigenvalue weighted by molar-refractivity contribution is 5.82. The number of allylic oxidation sites excluding steroid dienone is 1. The SMILES string of the molecule is CC(C)=CC(=O)OC1CC[N+]2([O-])CC=C(CO)C12. The zero-order valence-corrected chi connectivity index (χ0v) is 10.8. The molecule has 0 aliphatic carbocycles. The predicted octanol–water partition coefficient (Wildman–Crippen LogP) is 0.884. The van der Waals surface area contributed by atoms with Gasteiger partial charge in [-0.3, -0.25) is 0 Å². The molecule has 0 bridgehead atoms. The summed E-state index contributed by atoms with van der Waals surface area (Å²) in [5.74, 6) is -0.405. The van der Waals surface area contributed by atoms with Gasteiger partial charge in [-0.25, -0.2) is 4.79 Å². The molecule has 1 N–H and O–H groups in total. The maximum atomic E-state index is 12.4. The van der Waals surface area contributed by atoms with E-state index in [9.17, 15) is 15.1 Å². The van der Waals surface area contributed by atoms with E-state index in [0.29, 0.717) is 25.1 Å². The molecule has 0 aromatic heterocycles. The highest BCUT2D eigenvalue weighted by Crippen LogP contribution is 2.37. The summed E-state index contributed by atoms with van der Waals surface area (Å²) in [6.07, 6.45) is 3.35. The third-order valence-electron chi connectivity index (χ3n) is 3.55. The molecule has 0 saturated carbocycles. The lowest BCUT2D eigenvalue weighted by Crippen LogP contribution is -2.47. The number of quaternary nitrogens is 1. The number of hydrogen-bond donors (Lipinski definition) is 1. The van der Waals surface area contributed by atoms with Crippen LogP contribution in [0.25, 0.3) is 0 Å². The summed E-state index contributed by atoms with van der Waals surface area (Å²) in [7, 11) is 0. The van der Waals surface area contributed by atoms with E-state index >= 15 is 0 Å². The van der Waals surface area contributed by atoms with Gasteiger partial charge >= 0.3 is 5.97 Å². The molecule has 2 rings (SSSR count). The maximum absolute atomic E-state index is 12.4. The van der Waals surface area contributed by atoms with E-state index in [4.69, 9.17) is 4.74 Å². The molecule has 3 atom stereocenters.